The normalized spacial score (nSPS) is 15.0. The predicted octanol–water partition coefficient (Wildman–Crippen LogP) is 4.06. The average Bonchev–Trinajstić information content (AvgIpc) is 3.18. The van der Waals surface area contributed by atoms with Crippen LogP contribution in [-0.4, -0.2) is 23.7 Å². The van der Waals surface area contributed by atoms with Crippen molar-refractivity contribution in [1.82, 2.24) is 0 Å². The minimum atomic E-state index is -0.950. The minimum Gasteiger partial charge on any atom is -0.478 e. The molecule has 1 aliphatic rings. The van der Waals surface area contributed by atoms with Gasteiger partial charge in [0.05, 0.1) is 10.7 Å². The molecule has 0 aliphatic heterocycles. The summed E-state index contributed by atoms with van der Waals surface area (Å²) in [6.07, 6.45) is 5.32. The van der Waals surface area contributed by atoms with E-state index in [1.807, 2.05) is 18.2 Å². The monoisotopic (exact) mass is 293 g/mol. The van der Waals surface area contributed by atoms with Crippen molar-refractivity contribution in [3.05, 3.63) is 34.9 Å². The molecule has 20 heavy (non-hydrogen) atoms. The largest absolute Gasteiger partial charge is 0.478 e. The molecule has 1 aromatic carbocycles. The number of benzene rings is 1. The summed E-state index contributed by atoms with van der Waals surface area (Å²) >= 11 is 6.36. The third kappa shape index (κ3) is 3.76. The van der Waals surface area contributed by atoms with Crippen LogP contribution >= 0.6 is 11.6 Å². The molecule has 1 aromatic rings. The Morgan fingerprint density at radius 3 is 2.75 bits per heavy atom. The molecule has 0 unspecified atom stereocenters. The Balaban J connectivity index is 2.37. The van der Waals surface area contributed by atoms with E-state index in [1.54, 1.807) is 6.08 Å². The van der Waals surface area contributed by atoms with Gasteiger partial charge in [0.1, 0.15) is 0 Å². The molecule has 1 fully saturated rings. The fraction of sp³-hybridized carbons (Fsp3) is 0.438. The lowest BCUT2D eigenvalue weighted by atomic mass is 10.1. The second-order valence-corrected chi connectivity index (χ2v) is 5.95. The molecule has 108 valence electrons. The summed E-state index contributed by atoms with van der Waals surface area (Å²) in [5.41, 5.74) is 1.79. The molecule has 2 rings (SSSR count). The Morgan fingerprint density at radius 1 is 1.50 bits per heavy atom. The van der Waals surface area contributed by atoms with Gasteiger partial charge in [-0.2, -0.15) is 0 Å². The van der Waals surface area contributed by atoms with Gasteiger partial charge in [-0.3, -0.25) is 0 Å². The van der Waals surface area contributed by atoms with Crippen LogP contribution in [0.25, 0.3) is 6.08 Å². The highest BCUT2D eigenvalue weighted by Gasteiger charge is 2.27. The van der Waals surface area contributed by atoms with E-state index in [0.717, 1.165) is 29.8 Å². The number of hydrogen-bond acceptors (Lipinski definition) is 2. The van der Waals surface area contributed by atoms with Crippen molar-refractivity contribution in [1.29, 1.82) is 0 Å². The van der Waals surface area contributed by atoms with Gasteiger partial charge in [-0.1, -0.05) is 23.7 Å². The number of rotatable bonds is 6. The second-order valence-electron chi connectivity index (χ2n) is 5.54. The zero-order valence-electron chi connectivity index (χ0n) is 11.8. The van der Waals surface area contributed by atoms with Gasteiger partial charge in [-0.15, -0.1) is 0 Å². The molecule has 1 aliphatic carbocycles. The zero-order chi connectivity index (χ0) is 14.7. The number of carboxylic acids is 1. The molecule has 3 nitrogen and oxygen atoms in total. The Bertz CT molecular complexity index is 521. The SMILES string of the molecule is CC(C)N(CC1CC1)c1c(Cl)cccc1/C=C/C(=O)O. The molecule has 0 bridgehead atoms. The predicted molar refractivity (Wildman–Crippen MR) is 83.3 cm³/mol. The van der Waals surface area contributed by atoms with Crippen molar-refractivity contribution in [3.8, 4) is 0 Å². The third-order valence-corrected chi connectivity index (χ3v) is 3.79. The van der Waals surface area contributed by atoms with Gasteiger partial charge in [-0.25, -0.2) is 4.79 Å². The Kier molecular flexibility index (Phi) is 4.71. The van der Waals surface area contributed by atoms with Crippen molar-refractivity contribution < 1.29 is 9.90 Å². The zero-order valence-corrected chi connectivity index (χ0v) is 12.6. The molecule has 0 atom stereocenters. The van der Waals surface area contributed by atoms with Gasteiger partial charge in [0.15, 0.2) is 0 Å². The first kappa shape index (κ1) is 14.9. The van der Waals surface area contributed by atoms with E-state index < -0.39 is 5.97 Å². The number of nitrogens with zero attached hydrogens (tertiary/aromatic N) is 1. The molecule has 1 N–H and O–H groups in total. The molecule has 0 radical (unpaired) electrons. The Hall–Kier alpha value is -1.48. The van der Waals surface area contributed by atoms with Crippen LogP contribution in [0.4, 0.5) is 5.69 Å². The molecule has 0 heterocycles. The number of carbonyl (C=O) groups is 1. The van der Waals surface area contributed by atoms with Crippen molar-refractivity contribution >= 4 is 29.3 Å². The third-order valence-electron chi connectivity index (χ3n) is 3.49. The lowest BCUT2D eigenvalue weighted by Crippen LogP contribution is -2.33. The molecule has 4 heteroatoms. The first-order valence-electron chi connectivity index (χ1n) is 6.95. The molecule has 1 saturated carbocycles. The van der Waals surface area contributed by atoms with Gasteiger partial charge in [0.2, 0.25) is 0 Å². The number of para-hydroxylation sites is 1. The first-order chi connectivity index (χ1) is 9.49. The van der Waals surface area contributed by atoms with Crippen LogP contribution in [0.15, 0.2) is 24.3 Å². The van der Waals surface area contributed by atoms with Crippen molar-refractivity contribution in [2.24, 2.45) is 5.92 Å². The highest BCUT2D eigenvalue weighted by atomic mass is 35.5. The van der Waals surface area contributed by atoms with E-state index in [-0.39, 0.29) is 0 Å². The maximum absolute atomic E-state index is 10.7. The summed E-state index contributed by atoms with van der Waals surface area (Å²) in [6.45, 7) is 5.25. The molecule has 0 saturated heterocycles. The number of halogens is 1. The van der Waals surface area contributed by atoms with E-state index in [1.165, 1.54) is 12.8 Å². The van der Waals surface area contributed by atoms with Gasteiger partial charge in [0, 0.05) is 18.7 Å². The Labute approximate surface area is 124 Å². The maximum atomic E-state index is 10.7. The quantitative estimate of drug-likeness (QED) is 0.804. The topological polar surface area (TPSA) is 40.5 Å². The standard InChI is InChI=1S/C16H20ClNO2/c1-11(2)18(10-12-6-7-12)16-13(8-9-15(19)20)4-3-5-14(16)17/h3-5,8-9,11-12H,6-7,10H2,1-2H3,(H,19,20)/b9-8+. The molecular formula is C16H20ClNO2. The smallest absolute Gasteiger partial charge is 0.328 e. The lowest BCUT2D eigenvalue weighted by molar-refractivity contribution is -0.131. The summed E-state index contributed by atoms with van der Waals surface area (Å²) in [6, 6.07) is 5.94. The van der Waals surface area contributed by atoms with Crippen molar-refractivity contribution in [3.63, 3.8) is 0 Å². The van der Waals surface area contributed by atoms with Crippen molar-refractivity contribution in [2.45, 2.75) is 32.7 Å². The Morgan fingerprint density at radius 2 is 2.20 bits per heavy atom. The first-order valence-corrected chi connectivity index (χ1v) is 7.33. The molecule has 0 amide bonds. The summed E-state index contributed by atoms with van der Waals surface area (Å²) < 4.78 is 0. The van der Waals surface area contributed by atoms with Gasteiger partial charge >= 0.3 is 5.97 Å². The van der Waals surface area contributed by atoms with Gasteiger partial charge in [-0.05, 0) is 50.3 Å². The number of hydrogen-bond donors (Lipinski definition) is 1. The van der Waals surface area contributed by atoms with Crippen LogP contribution in [-0.2, 0) is 4.79 Å². The molecular weight excluding hydrogens is 274 g/mol. The lowest BCUT2D eigenvalue weighted by Gasteiger charge is -2.31. The van der Waals surface area contributed by atoms with Crippen LogP contribution in [0.1, 0.15) is 32.3 Å². The van der Waals surface area contributed by atoms with E-state index in [9.17, 15) is 4.79 Å². The molecule has 0 aromatic heterocycles. The molecule has 0 spiro atoms. The highest BCUT2D eigenvalue weighted by molar-refractivity contribution is 6.33. The van der Waals surface area contributed by atoms with E-state index in [0.29, 0.717) is 11.1 Å². The fourth-order valence-electron chi connectivity index (χ4n) is 2.27. The van der Waals surface area contributed by atoms with E-state index in [4.69, 9.17) is 16.7 Å². The van der Waals surface area contributed by atoms with Gasteiger partial charge < -0.3 is 10.0 Å². The van der Waals surface area contributed by atoms with Crippen LogP contribution in [0.3, 0.4) is 0 Å². The summed E-state index contributed by atoms with van der Waals surface area (Å²) in [7, 11) is 0. The van der Waals surface area contributed by atoms with Crippen LogP contribution in [0, 0.1) is 5.92 Å². The van der Waals surface area contributed by atoms with E-state index in [2.05, 4.69) is 18.7 Å². The van der Waals surface area contributed by atoms with Gasteiger partial charge in [0.25, 0.3) is 0 Å². The number of anilines is 1. The summed E-state index contributed by atoms with van der Waals surface area (Å²) in [5.74, 6) is -0.209. The van der Waals surface area contributed by atoms with Crippen LogP contribution in [0.2, 0.25) is 5.02 Å². The van der Waals surface area contributed by atoms with Crippen LogP contribution in [0.5, 0.6) is 0 Å². The minimum absolute atomic E-state index is 0.326. The fourth-order valence-corrected chi connectivity index (χ4v) is 2.56. The van der Waals surface area contributed by atoms with Crippen molar-refractivity contribution in [2.75, 3.05) is 11.4 Å². The van der Waals surface area contributed by atoms with Crippen LogP contribution < -0.4 is 4.90 Å². The average molecular weight is 294 g/mol. The number of aliphatic carboxylic acids is 1. The summed E-state index contributed by atoms with van der Waals surface area (Å²) in [4.78, 5) is 13.0. The number of carboxylic acid groups (broad SMARTS) is 1. The maximum Gasteiger partial charge on any atom is 0.328 e. The highest BCUT2D eigenvalue weighted by Crippen LogP contribution is 2.37. The second kappa shape index (κ2) is 6.31. The summed E-state index contributed by atoms with van der Waals surface area (Å²) in [5, 5.41) is 9.48. The van der Waals surface area contributed by atoms with E-state index >= 15 is 0 Å².